The summed E-state index contributed by atoms with van der Waals surface area (Å²) < 4.78 is 6.72. The highest BCUT2D eigenvalue weighted by atomic mass is 16.5. The molecule has 20 heavy (non-hydrogen) atoms. The molecule has 0 aliphatic carbocycles. The average Bonchev–Trinajstić information content (AvgIpc) is 3.04. The molecule has 8 heteroatoms. The van der Waals surface area contributed by atoms with Crippen LogP contribution in [0.25, 0.3) is 0 Å². The zero-order chi connectivity index (χ0) is 14.4. The van der Waals surface area contributed by atoms with Crippen molar-refractivity contribution >= 4 is 5.97 Å². The topological polar surface area (TPSA) is 107 Å². The van der Waals surface area contributed by atoms with Gasteiger partial charge in [-0.15, -0.1) is 5.10 Å². The van der Waals surface area contributed by atoms with Gasteiger partial charge in [-0.05, 0) is 19.3 Å². The smallest absolute Gasteiger partial charge is 0.303 e. The summed E-state index contributed by atoms with van der Waals surface area (Å²) in [6.45, 7) is 2.36. The molecule has 2 aromatic heterocycles. The van der Waals surface area contributed by atoms with Gasteiger partial charge in [-0.3, -0.25) is 4.79 Å². The Morgan fingerprint density at radius 2 is 2.30 bits per heavy atom. The quantitative estimate of drug-likeness (QED) is 0.720. The Labute approximate surface area is 115 Å². The van der Waals surface area contributed by atoms with Gasteiger partial charge in [0, 0.05) is 19.0 Å². The lowest BCUT2D eigenvalue weighted by Crippen LogP contribution is -2.00. The van der Waals surface area contributed by atoms with Gasteiger partial charge in [0.1, 0.15) is 6.54 Å². The monoisotopic (exact) mass is 279 g/mol. The predicted octanol–water partition coefficient (Wildman–Crippen LogP) is 1.07. The molecule has 0 spiro atoms. The van der Waals surface area contributed by atoms with E-state index in [9.17, 15) is 4.79 Å². The molecular formula is C12H17N5O3. The van der Waals surface area contributed by atoms with E-state index in [0.29, 0.717) is 24.7 Å². The fourth-order valence-electron chi connectivity index (χ4n) is 1.75. The number of nitrogens with zero attached hydrogens (tertiary/aromatic N) is 5. The van der Waals surface area contributed by atoms with Crippen LogP contribution in [-0.4, -0.2) is 36.2 Å². The Bertz CT molecular complexity index is 563. The first kappa shape index (κ1) is 14.2. The van der Waals surface area contributed by atoms with Crippen LogP contribution in [0, 0.1) is 0 Å². The van der Waals surface area contributed by atoms with Crippen LogP contribution in [0.3, 0.4) is 0 Å². The minimum Gasteiger partial charge on any atom is -0.481 e. The lowest BCUT2D eigenvalue weighted by molar-refractivity contribution is -0.137. The molecule has 2 heterocycles. The molecule has 0 saturated heterocycles. The van der Waals surface area contributed by atoms with Crippen molar-refractivity contribution in [1.29, 1.82) is 0 Å². The Balaban J connectivity index is 1.81. The predicted molar refractivity (Wildman–Crippen MR) is 68.0 cm³/mol. The van der Waals surface area contributed by atoms with Crippen molar-refractivity contribution < 1.29 is 14.4 Å². The number of aliphatic carboxylic acids is 1. The second kappa shape index (κ2) is 6.78. The van der Waals surface area contributed by atoms with E-state index in [1.807, 2.05) is 13.1 Å². The van der Waals surface area contributed by atoms with Gasteiger partial charge in [0.15, 0.2) is 5.82 Å². The Hall–Kier alpha value is -2.25. The van der Waals surface area contributed by atoms with Crippen LogP contribution in [0.15, 0.2) is 10.7 Å². The van der Waals surface area contributed by atoms with Gasteiger partial charge < -0.3 is 9.63 Å². The fourth-order valence-corrected chi connectivity index (χ4v) is 1.75. The van der Waals surface area contributed by atoms with E-state index in [-0.39, 0.29) is 6.42 Å². The van der Waals surface area contributed by atoms with Crippen LogP contribution in [0.2, 0.25) is 0 Å². The van der Waals surface area contributed by atoms with Gasteiger partial charge in [-0.25, -0.2) is 4.68 Å². The maximum absolute atomic E-state index is 10.4. The molecule has 0 amide bonds. The lowest BCUT2D eigenvalue weighted by Gasteiger charge is -1.95. The summed E-state index contributed by atoms with van der Waals surface area (Å²) in [5.74, 6) is 0.412. The number of hydrogen-bond acceptors (Lipinski definition) is 6. The minimum absolute atomic E-state index is 0.190. The molecule has 0 fully saturated rings. The standard InChI is InChI=1S/C12H17N5O3/c1-2-10-13-11(20-15-10)8-17-7-9(14-16-17)5-3-4-6-12(18)19/h7H,2-6,8H2,1H3,(H,18,19). The summed E-state index contributed by atoms with van der Waals surface area (Å²) in [6.07, 6.45) is 4.89. The lowest BCUT2D eigenvalue weighted by atomic mass is 10.1. The second-order valence-electron chi connectivity index (χ2n) is 4.47. The Morgan fingerprint density at radius 3 is 3.00 bits per heavy atom. The summed E-state index contributed by atoms with van der Waals surface area (Å²) in [6, 6.07) is 0. The molecule has 0 aliphatic heterocycles. The summed E-state index contributed by atoms with van der Waals surface area (Å²) >= 11 is 0. The first-order chi connectivity index (χ1) is 9.67. The summed E-state index contributed by atoms with van der Waals surface area (Å²) in [4.78, 5) is 14.6. The van der Waals surface area contributed by atoms with E-state index in [0.717, 1.165) is 25.0 Å². The van der Waals surface area contributed by atoms with Gasteiger partial charge in [0.05, 0.1) is 5.69 Å². The van der Waals surface area contributed by atoms with Crippen molar-refractivity contribution in [3.63, 3.8) is 0 Å². The fraction of sp³-hybridized carbons (Fsp3) is 0.583. The van der Waals surface area contributed by atoms with E-state index in [1.165, 1.54) is 0 Å². The molecule has 0 saturated carbocycles. The highest BCUT2D eigenvalue weighted by Gasteiger charge is 2.07. The molecule has 2 aromatic rings. The van der Waals surface area contributed by atoms with Crippen LogP contribution in [0.5, 0.6) is 0 Å². The van der Waals surface area contributed by atoms with Gasteiger partial charge in [-0.2, -0.15) is 4.98 Å². The SMILES string of the molecule is CCc1noc(Cn2cc(CCCCC(=O)O)nn2)n1. The summed E-state index contributed by atoms with van der Waals surface area (Å²) in [7, 11) is 0. The largest absolute Gasteiger partial charge is 0.481 e. The number of rotatable bonds is 8. The molecule has 0 aliphatic rings. The van der Waals surface area contributed by atoms with Gasteiger partial charge in [0.2, 0.25) is 5.89 Å². The third kappa shape index (κ3) is 4.15. The normalized spacial score (nSPS) is 10.8. The van der Waals surface area contributed by atoms with E-state index in [2.05, 4.69) is 20.5 Å². The van der Waals surface area contributed by atoms with Crippen LogP contribution in [0.4, 0.5) is 0 Å². The highest BCUT2D eigenvalue weighted by molar-refractivity contribution is 5.66. The van der Waals surface area contributed by atoms with Crippen molar-refractivity contribution in [2.75, 3.05) is 0 Å². The molecular weight excluding hydrogens is 262 g/mol. The maximum atomic E-state index is 10.4. The molecule has 0 atom stereocenters. The molecule has 0 aromatic carbocycles. The first-order valence-corrected chi connectivity index (χ1v) is 6.59. The van der Waals surface area contributed by atoms with Crippen LogP contribution in [0.1, 0.15) is 43.6 Å². The number of hydrogen-bond donors (Lipinski definition) is 1. The van der Waals surface area contributed by atoms with Crippen molar-refractivity contribution in [3.05, 3.63) is 23.6 Å². The molecule has 108 valence electrons. The molecule has 0 radical (unpaired) electrons. The summed E-state index contributed by atoms with van der Waals surface area (Å²) in [5, 5.41) is 20.4. The number of unbranched alkanes of at least 4 members (excludes halogenated alkanes) is 1. The first-order valence-electron chi connectivity index (χ1n) is 6.59. The van der Waals surface area contributed by atoms with Crippen molar-refractivity contribution in [3.8, 4) is 0 Å². The van der Waals surface area contributed by atoms with E-state index < -0.39 is 5.97 Å². The third-order valence-corrected chi connectivity index (χ3v) is 2.78. The van der Waals surface area contributed by atoms with Crippen molar-refractivity contribution in [1.82, 2.24) is 25.1 Å². The van der Waals surface area contributed by atoms with E-state index in [1.54, 1.807) is 4.68 Å². The van der Waals surface area contributed by atoms with Crippen molar-refractivity contribution in [2.24, 2.45) is 0 Å². The molecule has 2 rings (SSSR count). The van der Waals surface area contributed by atoms with Crippen LogP contribution < -0.4 is 0 Å². The number of aromatic nitrogens is 5. The Kier molecular flexibility index (Phi) is 4.80. The molecule has 0 unspecified atom stereocenters. The molecule has 0 bridgehead atoms. The second-order valence-corrected chi connectivity index (χ2v) is 4.47. The number of carboxylic acid groups (broad SMARTS) is 1. The van der Waals surface area contributed by atoms with Crippen molar-refractivity contribution in [2.45, 2.75) is 45.6 Å². The average molecular weight is 279 g/mol. The molecule has 8 nitrogen and oxygen atoms in total. The van der Waals surface area contributed by atoms with Crippen LogP contribution in [-0.2, 0) is 24.2 Å². The van der Waals surface area contributed by atoms with E-state index >= 15 is 0 Å². The Morgan fingerprint density at radius 1 is 1.45 bits per heavy atom. The third-order valence-electron chi connectivity index (χ3n) is 2.78. The minimum atomic E-state index is -0.767. The highest BCUT2D eigenvalue weighted by Crippen LogP contribution is 2.05. The molecule has 1 N–H and O–H groups in total. The van der Waals surface area contributed by atoms with Gasteiger partial charge in [-0.1, -0.05) is 17.3 Å². The number of aryl methyl sites for hydroxylation is 2. The summed E-state index contributed by atoms with van der Waals surface area (Å²) in [5.41, 5.74) is 0.839. The zero-order valence-corrected chi connectivity index (χ0v) is 11.3. The zero-order valence-electron chi connectivity index (χ0n) is 11.3. The van der Waals surface area contributed by atoms with Crippen LogP contribution >= 0.6 is 0 Å². The maximum Gasteiger partial charge on any atom is 0.303 e. The van der Waals surface area contributed by atoms with Gasteiger partial charge >= 0.3 is 5.97 Å². The van der Waals surface area contributed by atoms with Gasteiger partial charge in [0.25, 0.3) is 0 Å². The number of carbonyl (C=O) groups is 1. The van der Waals surface area contributed by atoms with E-state index in [4.69, 9.17) is 9.63 Å². The number of carboxylic acids is 1.